The van der Waals surface area contributed by atoms with Crippen molar-refractivity contribution in [2.45, 2.75) is 51.9 Å². The van der Waals surface area contributed by atoms with Gasteiger partial charge in [-0.05, 0) is 61.7 Å². The van der Waals surface area contributed by atoms with E-state index in [1.54, 1.807) is 0 Å². The second-order valence-corrected chi connectivity index (χ2v) is 8.64. The van der Waals surface area contributed by atoms with Gasteiger partial charge < -0.3 is 10.6 Å². The molecule has 0 spiro atoms. The Hall–Kier alpha value is -0.640. The molecule has 3 nitrogen and oxygen atoms in total. The lowest BCUT2D eigenvalue weighted by Gasteiger charge is -2.57. The smallest absolute Gasteiger partial charge is 0.222 e. The maximum absolute atomic E-state index is 12.6. The van der Waals surface area contributed by atoms with Gasteiger partial charge in [0.1, 0.15) is 0 Å². The van der Waals surface area contributed by atoms with Gasteiger partial charge in [0.15, 0.2) is 0 Å². The molecule has 1 atom stereocenters. The third-order valence-corrected chi connectivity index (χ3v) is 6.55. The molecule has 4 aliphatic carbocycles. The zero-order valence-corrected chi connectivity index (χ0v) is 14.1. The zero-order chi connectivity index (χ0) is 15.2. The zero-order valence-electron chi connectivity index (χ0n) is 13.3. The van der Waals surface area contributed by atoms with E-state index in [0.717, 1.165) is 24.2 Å². The molecule has 4 bridgehead atoms. The first-order chi connectivity index (χ1) is 9.87. The number of nitrogens with two attached hydrogens (primary N) is 1. The molecule has 21 heavy (non-hydrogen) atoms. The van der Waals surface area contributed by atoms with Crippen LogP contribution in [0.25, 0.3) is 0 Å². The van der Waals surface area contributed by atoms with Crippen LogP contribution in [0.3, 0.4) is 0 Å². The Balaban J connectivity index is 1.61. The third kappa shape index (κ3) is 3.10. The predicted octanol–water partition coefficient (Wildman–Crippen LogP) is 2.97. The maximum Gasteiger partial charge on any atom is 0.222 e. The molecule has 4 fully saturated rings. The Morgan fingerprint density at radius 2 is 1.71 bits per heavy atom. The van der Waals surface area contributed by atoms with Gasteiger partial charge in [-0.1, -0.05) is 19.1 Å². The first-order valence-electron chi connectivity index (χ1n) is 8.40. The molecular formula is C17H28N2OS. The second-order valence-electron chi connectivity index (χ2n) is 8.17. The van der Waals surface area contributed by atoms with Crippen molar-refractivity contribution in [3.63, 3.8) is 0 Å². The van der Waals surface area contributed by atoms with E-state index in [0.29, 0.717) is 22.9 Å². The van der Waals surface area contributed by atoms with Crippen LogP contribution < -0.4 is 5.73 Å². The number of amides is 1. The molecule has 0 aromatic heterocycles. The van der Waals surface area contributed by atoms with Crippen molar-refractivity contribution in [3.05, 3.63) is 0 Å². The largest absolute Gasteiger partial charge is 0.393 e. The topological polar surface area (TPSA) is 46.3 Å². The lowest BCUT2D eigenvalue weighted by molar-refractivity contribution is -0.138. The standard InChI is InChI=1S/C17H28N2OS/c1-11(16(18)21)10-19(2)15(20)9-17-6-12-3-13(7-17)5-14(4-12)8-17/h11-14H,3-10H2,1-2H3,(H2,18,21). The molecule has 4 saturated carbocycles. The Kier molecular flexibility index (Phi) is 4.02. The quantitative estimate of drug-likeness (QED) is 0.794. The maximum atomic E-state index is 12.6. The van der Waals surface area contributed by atoms with Crippen LogP contribution >= 0.6 is 12.2 Å². The Morgan fingerprint density at radius 3 is 2.14 bits per heavy atom. The highest BCUT2D eigenvalue weighted by molar-refractivity contribution is 7.80. The van der Waals surface area contributed by atoms with Crippen LogP contribution in [0.2, 0.25) is 0 Å². The van der Waals surface area contributed by atoms with E-state index in [2.05, 4.69) is 0 Å². The fourth-order valence-electron chi connectivity index (χ4n) is 5.56. The van der Waals surface area contributed by atoms with Gasteiger partial charge in [0.2, 0.25) is 5.91 Å². The normalized spacial score (nSPS) is 38.3. The minimum absolute atomic E-state index is 0.102. The van der Waals surface area contributed by atoms with Crippen molar-refractivity contribution >= 4 is 23.1 Å². The van der Waals surface area contributed by atoms with Gasteiger partial charge in [-0.25, -0.2) is 0 Å². The molecule has 4 rings (SSSR count). The fourth-order valence-corrected chi connectivity index (χ4v) is 5.64. The van der Waals surface area contributed by atoms with E-state index in [9.17, 15) is 4.79 Å². The Labute approximate surface area is 133 Å². The number of hydrogen-bond donors (Lipinski definition) is 1. The molecule has 0 aromatic carbocycles. The molecule has 0 heterocycles. The highest BCUT2D eigenvalue weighted by Crippen LogP contribution is 2.61. The minimum atomic E-state index is 0.102. The lowest BCUT2D eigenvalue weighted by atomic mass is 9.49. The summed E-state index contributed by atoms with van der Waals surface area (Å²) in [5.74, 6) is 3.12. The fraction of sp³-hybridized carbons (Fsp3) is 0.882. The highest BCUT2D eigenvalue weighted by atomic mass is 32.1. The number of hydrogen-bond acceptors (Lipinski definition) is 2. The summed E-state index contributed by atoms with van der Waals surface area (Å²) in [5, 5.41) is 0. The van der Waals surface area contributed by atoms with Crippen molar-refractivity contribution in [3.8, 4) is 0 Å². The van der Waals surface area contributed by atoms with Gasteiger partial charge in [-0.3, -0.25) is 4.79 Å². The van der Waals surface area contributed by atoms with Gasteiger partial charge in [0, 0.05) is 25.9 Å². The van der Waals surface area contributed by atoms with E-state index in [4.69, 9.17) is 18.0 Å². The molecule has 0 aromatic rings. The van der Waals surface area contributed by atoms with Gasteiger partial charge in [0.05, 0.1) is 4.99 Å². The number of carbonyl (C=O) groups excluding carboxylic acids is 1. The molecule has 1 amide bonds. The highest BCUT2D eigenvalue weighted by Gasteiger charge is 2.51. The summed E-state index contributed by atoms with van der Waals surface area (Å²) in [6.45, 7) is 2.65. The van der Waals surface area contributed by atoms with Crippen molar-refractivity contribution in [2.24, 2.45) is 34.8 Å². The van der Waals surface area contributed by atoms with Gasteiger partial charge in [-0.2, -0.15) is 0 Å². The average Bonchev–Trinajstić information content (AvgIpc) is 2.35. The average molecular weight is 308 g/mol. The summed E-state index contributed by atoms with van der Waals surface area (Å²) in [4.78, 5) is 15.0. The van der Waals surface area contributed by atoms with Crippen LogP contribution in [-0.2, 0) is 4.79 Å². The van der Waals surface area contributed by atoms with E-state index in [-0.39, 0.29) is 5.92 Å². The third-order valence-electron chi connectivity index (χ3n) is 6.15. The predicted molar refractivity (Wildman–Crippen MR) is 88.8 cm³/mol. The van der Waals surface area contributed by atoms with Crippen LogP contribution in [0.4, 0.5) is 0 Å². The summed E-state index contributed by atoms with van der Waals surface area (Å²) in [5.41, 5.74) is 5.99. The van der Waals surface area contributed by atoms with Gasteiger partial charge >= 0.3 is 0 Å². The summed E-state index contributed by atoms with van der Waals surface area (Å²) < 4.78 is 0. The Bertz CT molecular complexity index is 413. The van der Waals surface area contributed by atoms with Crippen molar-refractivity contribution in [1.82, 2.24) is 4.90 Å². The second kappa shape index (κ2) is 5.53. The van der Waals surface area contributed by atoms with Gasteiger partial charge in [0.25, 0.3) is 0 Å². The monoisotopic (exact) mass is 308 g/mol. The molecule has 118 valence electrons. The molecule has 4 heteroatoms. The summed E-state index contributed by atoms with van der Waals surface area (Å²) in [6, 6.07) is 0. The SMILES string of the molecule is CC(CN(C)C(=O)CC12CC3CC(CC(C3)C1)C2)C(N)=S. The number of carbonyl (C=O) groups is 1. The summed E-state index contributed by atoms with van der Waals surface area (Å²) in [6.07, 6.45) is 8.93. The van der Waals surface area contributed by atoms with Gasteiger partial charge in [-0.15, -0.1) is 0 Å². The van der Waals surface area contributed by atoms with E-state index >= 15 is 0 Å². The van der Waals surface area contributed by atoms with Crippen LogP contribution in [0.15, 0.2) is 0 Å². The first-order valence-corrected chi connectivity index (χ1v) is 8.81. The summed E-state index contributed by atoms with van der Waals surface area (Å²) >= 11 is 5.01. The minimum Gasteiger partial charge on any atom is -0.393 e. The first kappa shape index (κ1) is 15.3. The number of rotatable bonds is 5. The number of nitrogens with zero attached hydrogens (tertiary/aromatic N) is 1. The van der Waals surface area contributed by atoms with E-state index in [1.165, 1.54) is 38.5 Å². The molecule has 1 unspecified atom stereocenters. The lowest BCUT2D eigenvalue weighted by Crippen LogP contribution is -2.48. The summed E-state index contributed by atoms with van der Waals surface area (Å²) in [7, 11) is 1.90. The van der Waals surface area contributed by atoms with E-state index in [1.807, 2.05) is 18.9 Å². The molecule has 0 saturated heterocycles. The van der Waals surface area contributed by atoms with Crippen LogP contribution in [0, 0.1) is 29.1 Å². The van der Waals surface area contributed by atoms with Crippen LogP contribution in [-0.4, -0.2) is 29.4 Å². The number of thiocarbonyl (C=S) groups is 1. The van der Waals surface area contributed by atoms with Crippen molar-refractivity contribution < 1.29 is 4.79 Å². The molecule has 4 aliphatic rings. The van der Waals surface area contributed by atoms with Crippen molar-refractivity contribution in [1.29, 1.82) is 0 Å². The van der Waals surface area contributed by atoms with Crippen LogP contribution in [0.1, 0.15) is 51.9 Å². The molecule has 2 N–H and O–H groups in total. The van der Waals surface area contributed by atoms with Crippen molar-refractivity contribution in [2.75, 3.05) is 13.6 Å². The van der Waals surface area contributed by atoms with Crippen LogP contribution in [0.5, 0.6) is 0 Å². The molecule has 0 radical (unpaired) electrons. The Morgan fingerprint density at radius 1 is 1.24 bits per heavy atom. The van der Waals surface area contributed by atoms with E-state index < -0.39 is 0 Å². The molecule has 0 aliphatic heterocycles. The molecular weight excluding hydrogens is 280 g/mol.